The van der Waals surface area contributed by atoms with Crippen molar-refractivity contribution in [3.05, 3.63) is 29.6 Å². The van der Waals surface area contributed by atoms with Crippen LogP contribution in [-0.2, 0) is 27.7 Å². The number of aliphatic imine (C=N–C) groups is 2. The Kier molecular flexibility index (Phi) is 52.0. The Balaban J connectivity index is -0.0000000817. The summed E-state index contributed by atoms with van der Waals surface area (Å²) in [5.41, 5.74) is 3.83. The van der Waals surface area contributed by atoms with Gasteiger partial charge >= 0.3 is 16.8 Å². The summed E-state index contributed by atoms with van der Waals surface area (Å²) in [5.74, 6) is 0. The van der Waals surface area contributed by atoms with Gasteiger partial charge in [-0.25, -0.2) is 4.98 Å². The van der Waals surface area contributed by atoms with E-state index in [0.29, 0.717) is 0 Å². The first-order chi connectivity index (χ1) is 9.77. The van der Waals surface area contributed by atoms with Crippen molar-refractivity contribution in [3.63, 3.8) is 0 Å². The summed E-state index contributed by atoms with van der Waals surface area (Å²) in [6.45, 7) is 9.31. The number of rotatable bonds is 0. The van der Waals surface area contributed by atoms with Gasteiger partial charge in [-0.3, -0.25) is 9.98 Å². The van der Waals surface area contributed by atoms with E-state index in [0.717, 1.165) is 62.1 Å². The van der Waals surface area contributed by atoms with E-state index in [9.17, 15) is 0 Å². The monoisotopic (exact) mass is 512 g/mol. The van der Waals surface area contributed by atoms with Crippen LogP contribution in [0.4, 0.5) is 0 Å². The van der Waals surface area contributed by atoms with Crippen LogP contribution in [-0.4, -0.2) is 77.6 Å². The molecule has 1 aromatic heterocycles. The third-order valence-electron chi connectivity index (χ3n) is 3.24. The maximum Gasteiger partial charge on any atom is 3.00 e. The minimum atomic E-state index is 0. The zero-order valence-corrected chi connectivity index (χ0v) is 19.1. The van der Waals surface area contributed by atoms with Gasteiger partial charge in [-0.2, -0.15) is 0 Å². The van der Waals surface area contributed by atoms with Crippen LogP contribution in [0.5, 0.6) is 0 Å². The average molecular weight is 513 g/mol. The van der Waals surface area contributed by atoms with Gasteiger partial charge in [0.2, 0.25) is 0 Å². The van der Waals surface area contributed by atoms with Crippen LogP contribution < -0.4 is 35.4 Å². The standard InChI is InChI=1S/C15H23N5.2ClH.Co.6H2O/c1-12-14-4-3-5-15(20-14)13(2)19-11-9-17-7-6-16-8-10-18-12;;;;;;;;;/h3-5,16-17H,6-11H2,1-2H3;2*1H;;6*1H2/q;;;+3;;;;;;. The van der Waals surface area contributed by atoms with Crippen LogP contribution in [0.25, 0.3) is 0 Å². The van der Waals surface area contributed by atoms with Gasteiger partial charge in [0.25, 0.3) is 0 Å². The molecule has 2 rings (SSSR count). The quantitative estimate of drug-likeness (QED) is 0.321. The first-order valence-corrected chi connectivity index (χ1v) is 7.19. The molecule has 11 nitrogen and oxygen atoms in total. The minimum Gasteiger partial charge on any atom is -1.00 e. The summed E-state index contributed by atoms with van der Waals surface area (Å²) in [6.07, 6.45) is 0. The van der Waals surface area contributed by atoms with E-state index < -0.39 is 0 Å². The van der Waals surface area contributed by atoms with Gasteiger partial charge < -0.3 is 68.3 Å². The molecule has 29 heavy (non-hydrogen) atoms. The molecule has 0 aromatic carbocycles. The second-order valence-corrected chi connectivity index (χ2v) is 4.84. The van der Waals surface area contributed by atoms with Crippen molar-refractivity contribution in [2.45, 2.75) is 13.8 Å². The fraction of sp³-hybridized carbons (Fsp3) is 0.533. The van der Waals surface area contributed by atoms with E-state index in [2.05, 4.69) is 25.6 Å². The van der Waals surface area contributed by atoms with Crippen molar-refractivity contribution >= 4 is 11.4 Å². The molecule has 0 aliphatic carbocycles. The van der Waals surface area contributed by atoms with Gasteiger partial charge in [0.15, 0.2) is 0 Å². The molecule has 0 saturated heterocycles. The van der Waals surface area contributed by atoms with Gasteiger partial charge in [0.1, 0.15) is 0 Å². The molecule has 0 fully saturated rings. The number of pyridine rings is 1. The summed E-state index contributed by atoms with van der Waals surface area (Å²) >= 11 is 0. The van der Waals surface area contributed by atoms with E-state index in [1.165, 1.54) is 0 Å². The summed E-state index contributed by atoms with van der Waals surface area (Å²) in [6, 6.07) is 6.02. The van der Waals surface area contributed by atoms with Crippen molar-refractivity contribution in [3.8, 4) is 0 Å². The van der Waals surface area contributed by atoms with E-state index >= 15 is 0 Å². The van der Waals surface area contributed by atoms with Crippen LogP contribution in [0.1, 0.15) is 25.2 Å². The average Bonchev–Trinajstić information content (AvgIpc) is 2.48. The summed E-state index contributed by atoms with van der Waals surface area (Å²) < 4.78 is 0. The van der Waals surface area contributed by atoms with Crippen molar-refractivity contribution < 1.29 is 74.5 Å². The number of nitrogens with zero attached hydrogens (tertiary/aromatic N) is 3. The maximum atomic E-state index is 4.64. The largest absolute Gasteiger partial charge is 3.00 e. The first-order valence-electron chi connectivity index (χ1n) is 7.19. The normalized spacial score (nSPS) is 12.8. The molecule has 0 unspecified atom stereocenters. The van der Waals surface area contributed by atoms with Crippen LogP contribution in [0.2, 0.25) is 0 Å². The number of hydrogen-bond acceptors (Lipinski definition) is 5. The van der Waals surface area contributed by atoms with Crippen molar-refractivity contribution in [1.29, 1.82) is 0 Å². The molecule has 0 amide bonds. The third kappa shape index (κ3) is 19.0. The van der Waals surface area contributed by atoms with E-state index in [1.54, 1.807) is 0 Å². The molecule has 178 valence electrons. The fourth-order valence-electron chi connectivity index (χ4n) is 2.03. The second-order valence-electron chi connectivity index (χ2n) is 4.84. The number of nitrogens with one attached hydrogen (secondary N) is 2. The molecule has 0 spiro atoms. The summed E-state index contributed by atoms with van der Waals surface area (Å²) in [7, 11) is 0. The first kappa shape index (κ1) is 51.2. The number of fused-ring (bicyclic) bond motifs is 2. The molecule has 14 heteroatoms. The fourth-order valence-corrected chi connectivity index (χ4v) is 2.03. The molecule has 16 N–H and O–H groups in total. The van der Waals surface area contributed by atoms with E-state index in [-0.39, 0.29) is 74.5 Å². The van der Waals surface area contributed by atoms with E-state index in [1.807, 2.05) is 32.0 Å². The molecule has 1 aromatic rings. The van der Waals surface area contributed by atoms with Gasteiger partial charge in [-0.05, 0) is 26.0 Å². The minimum absolute atomic E-state index is 0. The SMILES string of the molecule is CC1=NCCNCCNCCN=C(C)c2cccc1n2.O.O.O.O.[Cl-].[Cl-].[Co+3].[OH3+].[OH3+]. The zero-order valence-electron chi connectivity index (χ0n) is 16.6. The van der Waals surface area contributed by atoms with Crippen molar-refractivity contribution in [2.24, 2.45) is 9.98 Å². The Hall–Kier alpha value is -0.744. The molecule has 0 saturated carbocycles. The second kappa shape index (κ2) is 29.5. The molecule has 1 aliphatic rings. The molecular weight excluding hydrogens is 476 g/mol. The van der Waals surface area contributed by atoms with Crippen LogP contribution in [0.3, 0.4) is 0 Å². The molecule has 0 radical (unpaired) electrons. The van der Waals surface area contributed by atoms with Gasteiger partial charge in [-0.1, -0.05) is 6.07 Å². The van der Waals surface area contributed by atoms with Crippen molar-refractivity contribution in [2.75, 3.05) is 39.3 Å². The number of halogens is 2. The Morgan fingerprint density at radius 1 is 0.690 bits per heavy atom. The number of hydrogen-bond donors (Lipinski definition) is 2. The Labute approximate surface area is 194 Å². The summed E-state index contributed by atoms with van der Waals surface area (Å²) in [4.78, 5) is 13.8. The smallest absolute Gasteiger partial charge is 1.00 e. The Morgan fingerprint density at radius 2 is 1.03 bits per heavy atom. The Morgan fingerprint density at radius 3 is 1.38 bits per heavy atom. The third-order valence-corrected chi connectivity index (χ3v) is 3.24. The molecule has 2 heterocycles. The zero-order chi connectivity index (χ0) is 14.2. The molecule has 2 bridgehead atoms. The van der Waals surface area contributed by atoms with Gasteiger partial charge in [-0.15, -0.1) is 0 Å². The molecular formula is C15H37Cl2CoN5O6+3. The van der Waals surface area contributed by atoms with Crippen LogP contribution in [0, 0.1) is 0 Å². The predicted octanol–water partition coefficient (Wildman–Crippen LogP) is -10.2. The van der Waals surface area contributed by atoms with Crippen LogP contribution in [0.15, 0.2) is 28.2 Å². The van der Waals surface area contributed by atoms with Gasteiger partial charge in [0.05, 0.1) is 35.9 Å². The molecule has 0 atom stereocenters. The van der Waals surface area contributed by atoms with E-state index in [4.69, 9.17) is 0 Å². The number of aromatic nitrogens is 1. The molecule has 1 aliphatic heterocycles. The topological polar surface area (TPSA) is 254 Å². The predicted molar refractivity (Wildman–Crippen MR) is 108 cm³/mol. The maximum absolute atomic E-state index is 4.64. The van der Waals surface area contributed by atoms with Crippen LogP contribution >= 0.6 is 0 Å². The van der Waals surface area contributed by atoms with Crippen molar-refractivity contribution in [1.82, 2.24) is 15.6 Å². The van der Waals surface area contributed by atoms with Gasteiger partial charge in [0, 0.05) is 26.2 Å². The Bertz CT molecular complexity index is 488. The summed E-state index contributed by atoms with van der Waals surface area (Å²) in [5, 5.41) is 6.73.